The highest BCUT2D eigenvalue weighted by molar-refractivity contribution is 6.44. The number of carbonyl (C=O) groups is 3. The van der Waals surface area contributed by atoms with Crippen molar-refractivity contribution in [2.24, 2.45) is 17.8 Å². The number of urea groups is 1. The monoisotopic (exact) mass is 444 g/mol. The molecule has 5 fully saturated rings. The van der Waals surface area contributed by atoms with E-state index in [4.69, 9.17) is 5.10 Å². The van der Waals surface area contributed by atoms with Crippen LogP contribution in [-0.2, 0) is 29.0 Å². The van der Waals surface area contributed by atoms with Crippen molar-refractivity contribution in [1.29, 1.82) is 0 Å². The maximum absolute atomic E-state index is 13.6. The lowest BCUT2D eigenvalue weighted by atomic mass is 9.52. The number of benzene rings is 1. The van der Waals surface area contributed by atoms with Crippen molar-refractivity contribution in [1.82, 2.24) is 19.6 Å². The minimum absolute atomic E-state index is 0.0778. The number of fused-ring (bicyclic) bond motifs is 1. The van der Waals surface area contributed by atoms with Crippen molar-refractivity contribution < 1.29 is 14.4 Å². The maximum Gasteiger partial charge on any atom is 0.335 e. The summed E-state index contributed by atoms with van der Waals surface area (Å²) in [6.07, 6.45) is 9.12. The van der Waals surface area contributed by atoms with E-state index in [1.54, 1.807) is 0 Å². The van der Waals surface area contributed by atoms with Crippen LogP contribution in [-0.4, -0.2) is 43.0 Å². The molecule has 2 heterocycles. The molecule has 4 saturated carbocycles. The van der Waals surface area contributed by atoms with Gasteiger partial charge in [0, 0.05) is 5.69 Å². The number of rotatable bonds is 4. The molecule has 0 atom stereocenters. The highest BCUT2D eigenvalue weighted by atomic mass is 16.2. The number of amides is 4. The van der Waals surface area contributed by atoms with Gasteiger partial charge in [-0.3, -0.25) is 9.59 Å². The lowest BCUT2D eigenvalue weighted by molar-refractivity contribution is -0.150. The summed E-state index contributed by atoms with van der Waals surface area (Å²) in [5.41, 5.74) is 3.55. The summed E-state index contributed by atoms with van der Waals surface area (Å²) in [5, 5.41) is 4.82. The molecule has 5 aliphatic carbocycles. The first kappa shape index (κ1) is 19.5. The Morgan fingerprint density at radius 1 is 0.879 bits per heavy atom. The second kappa shape index (κ2) is 6.78. The number of para-hydroxylation sites is 1. The smallest absolute Gasteiger partial charge is 0.263 e. The van der Waals surface area contributed by atoms with Crippen LogP contribution >= 0.6 is 0 Å². The van der Waals surface area contributed by atoms with Gasteiger partial charge in [0.05, 0.1) is 23.5 Å². The minimum Gasteiger partial charge on any atom is -0.263 e. The summed E-state index contributed by atoms with van der Waals surface area (Å²) in [7, 11) is 0. The molecule has 7 heteroatoms. The Kier molecular flexibility index (Phi) is 4.01. The van der Waals surface area contributed by atoms with Gasteiger partial charge in [0.15, 0.2) is 0 Å². The van der Waals surface area contributed by atoms with E-state index in [2.05, 4.69) is 0 Å². The van der Waals surface area contributed by atoms with E-state index in [0.717, 1.165) is 66.1 Å². The van der Waals surface area contributed by atoms with E-state index < -0.39 is 23.4 Å². The van der Waals surface area contributed by atoms with E-state index >= 15 is 0 Å². The zero-order valence-corrected chi connectivity index (χ0v) is 18.7. The van der Waals surface area contributed by atoms with Crippen LogP contribution in [0.5, 0.6) is 0 Å². The molecule has 8 rings (SSSR count). The summed E-state index contributed by atoms with van der Waals surface area (Å²) in [5.74, 6) is 0.459. The van der Waals surface area contributed by atoms with E-state index in [0.29, 0.717) is 17.8 Å². The highest BCUT2D eigenvalue weighted by Gasteiger charge is 2.61. The van der Waals surface area contributed by atoms with Crippen molar-refractivity contribution in [3.63, 3.8) is 0 Å². The van der Waals surface area contributed by atoms with Crippen LogP contribution in [0.1, 0.15) is 61.9 Å². The van der Waals surface area contributed by atoms with E-state index in [1.807, 2.05) is 35.0 Å². The third-order valence-corrected chi connectivity index (χ3v) is 8.86. The number of carbonyl (C=O) groups excluding carboxylic acids is 3. The molecular weight excluding hydrogens is 416 g/mol. The van der Waals surface area contributed by atoms with Gasteiger partial charge < -0.3 is 0 Å². The summed E-state index contributed by atoms with van der Waals surface area (Å²) < 4.78 is 1.95. The molecule has 0 spiro atoms. The van der Waals surface area contributed by atoms with E-state index in [-0.39, 0.29) is 6.54 Å². The molecule has 0 N–H and O–H groups in total. The Hall–Kier alpha value is -2.96. The van der Waals surface area contributed by atoms with Crippen molar-refractivity contribution in [2.75, 3.05) is 0 Å². The first-order valence-electron chi connectivity index (χ1n) is 12.4. The Morgan fingerprint density at radius 2 is 1.55 bits per heavy atom. The van der Waals surface area contributed by atoms with Crippen LogP contribution in [0.25, 0.3) is 5.69 Å². The van der Waals surface area contributed by atoms with E-state index in [9.17, 15) is 14.4 Å². The normalized spacial score (nSPS) is 32.4. The van der Waals surface area contributed by atoms with Crippen LogP contribution in [0, 0.1) is 17.8 Å². The number of hydrogen-bond acceptors (Lipinski definition) is 4. The van der Waals surface area contributed by atoms with Crippen molar-refractivity contribution >= 4 is 17.8 Å². The second-order valence-corrected chi connectivity index (χ2v) is 10.9. The Bertz CT molecular complexity index is 1150. The predicted molar refractivity (Wildman–Crippen MR) is 119 cm³/mol. The van der Waals surface area contributed by atoms with Crippen LogP contribution in [0.4, 0.5) is 4.79 Å². The molecular formula is C26H28N4O3. The Morgan fingerprint density at radius 3 is 2.21 bits per heavy atom. The largest absolute Gasteiger partial charge is 0.335 e. The van der Waals surface area contributed by atoms with Crippen LogP contribution < -0.4 is 0 Å². The van der Waals surface area contributed by atoms with E-state index in [1.165, 1.54) is 24.2 Å². The number of hydrogen-bond donors (Lipinski definition) is 0. The van der Waals surface area contributed by atoms with Gasteiger partial charge in [0.25, 0.3) is 0 Å². The number of imide groups is 2. The Labute approximate surface area is 192 Å². The average molecular weight is 445 g/mol. The molecule has 1 aliphatic heterocycles. The maximum atomic E-state index is 13.6. The van der Waals surface area contributed by atoms with Crippen LogP contribution in [0.3, 0.4) is 0 Å². The topological polar surface area (TPSA) is 75.5 Å². The summed E-state index contributed by atoms with van der Waals surface area (Å²) in [4.78, 5) is 42.4. The molecule has 6 aliphatic rings. The Balaban J connectivity index is 1.21. The zero-order valence-electron chi connectivity index (χ0n) is 18.7. The van der Waals surface area contributed by atoms with Crippen molar-refractivity contribution in [3.05, 3.63) is 47.3 Å². The first-order chi connectivity index (χ1) is 16.0. The van der Waals surface area contributed by atoms with Gasteiger partial charge in [0.1, 0.15) is 0 Å². The van der Waals surface area contributed by atoms with Gasteiger partial charge >= 0.3 is 17.8 Å². The molecule has 1 saturated heterocycles. The lowest BCUT2D eigenvalue weighted by Gasteiger charge is -2.58. The SMILES string of the molecule is O=C1C(=O)N(C23CC4CC(CC(C4)C2)C3)C(=O)N1Cc1nn(-c2ccccc2)c2c1CCC2. The van der Waals surface area contributed by atoms with Crippen LogP contribution in [0.15, 0.2) is 30.3 Å². The summed E-state index contributed by atoms with van der Waals surface area (Å²) in [6.45, 7) is 0.0778. The number of nitrogens with zero attached hydrogens (tertiary/aromatic N) is 4. The van der Waals surface area contributed by atoms with Gasteiger partial charge in [0.2, 0.25) is 0 Å². The third kappa shape index (κ3) is 2.74. The second-order valence-electron chi connectivity index (χ2n) is 10.9. The van der Waals surface area contributed by atoms with Crippen molar-refractivity contribution in [2.45, 2.75) is 69.9 Å². The molecule has 0 radical (unpaired) electrons. The molecule has 4 amide bonds. The fourth-order valence-electron chi connectivity index (χ4n) is 7.98. The van der Waals surface area contributed by atoms with Crippen molar-refractivity contribution in [3.8, 4) is 5.69 Å². The molecule has 1 aromatic carbocycles. The molecule has 2 aromatic rings. The number of aromatic nitrogens is 2. The fraction of sp³-hybridized carbons (Fsp3) is 0.538. The molecule has 7 nitrogen and oxygen atoms in total. The standard InChI is InChI=1S/C26H28N4O3/c31-23-24(32)29(26-12-16-9-17(13-26)11-18(10-16)14-26)25(33)28(23)15-21-20-7-4-8-22(20)30(27-21)19-5-2-1-3-6-19/h1-3,5-6,16-18H,4,7-15H2. The summed E-state index contributed by atoms with van der Waals surface area (Å²) >= 11 is 0. The predicted octanol–water partition coefficient (Wildman–Crippen LogP) is 3.62. The molecule has 170 valence electrons. The lowest BCUT2D eigenvalue weighted by Crippen LogP contribution is -2.61. The van der Waals surface area contributed by atoms with Gasteiger partial charge in [-0.05, 0) is 93.2 Å². The summed E-state index contributed by atoms with van der Waals surface area (Å²) in [6, 6.07) is 9.54. The minimum atomic E-state index is -0.684. The fourth-order valence-corrected chi connectivity index (χ4v) is 7.98. The molecule has 1 aromatic heterocycles. The first-order valence-corrected chi connectivity index (χ1v) is 12.4. The average Bonchev–Trinajstić information content (AvgIpc) is 3.45. The third-order valence-electron chi connectivity index (χ3n) is 8.86. The highest BCUT2D eigenvalue weighted by Crippen LogP contribution is 2.58. The molecule has 0 unspecified atom stereocenters. The zero-order chi connectivity index (χ0) is 22.3. The van der Waals surface area contributed by atoms with Gasteiger partial charge in [-0.2, -0.15) is 5.10 Å². The quantitative estimate of drug-likeness (QED) is 0.533. The van der Waals surface area contributed by atoms with Crippen LogP contribution in [0.2, 0.25) is 0 Å². The molecule has 33 heavy (non-hydrogen) atoms. The molecule has 4 bridgehead atoms. The van der Waals surface area contributed by atoms with Gasteiger partial charge in [-0.1, -0.05) is 18.2 Å². The van der Waals surface area contributed by atoms with Gasteiger partial charge in [-0.15, -0.1) is 0 Å². The van der Waals surface area contributed by atoms with Gasteiger partial charge in [-0.25, -0.2) is 19.3 Å².